The predicted molar refractivity (Wildman–Crippen MR) is 95.6 cm³/mol. The van der Waals surface area contributed by atoms with E-state index >= 15 is 0 Å². The molecule has 4 rings (SSSR count). The van der Waals surface area contributed by atoms with E-state index in [-0.39, 0.29) is 5.56 Å². The van der Waals surface area contributed by atoms with Gasteiger partial charge in [-0.05, 0) is 35.2 Å². The summed E-state index contributed by atoms with van der Waals surface area (Å²) in [6.07, 6.45) is 5.64. The zero-order chi connectivity index (χ0) is 15.6. The van der Waals surface area contributed by atoms with Crippen LogP contribution in [0.3, 0.4) is 0 Å². The standard InChI is InChI=1S/C17H11N3OS2/c21-16-14(11-12-5-2-1-3-6-12)23-17-18-15(19-20(16)17)9-8-13-7-4-10-22-13/h1-11H/b9-8+,14-11+. The molecular weight excluding hydrogens is 326 g/mol. The number of rotatable bonds is 3. The van der Waals surface area contributed by atoms with Gasteiger partial charge in [0.15, 0.2) is 5.82 Å². The van der Waals surface area contributed by atoms with Gasteiger partial charge in [-0.2, -0.15) is 9.50 Å². The Morgan fingerprint density at radius 2 is 1.91 bits per heavy atom. The van der Waals surface area contributed by atoms with Crippen LogP contribution in [0.1, 0.15) is 16.3 Å². The van der Waals surface area contributed by atoms with Crippen molar-refractivity contribution in [3.8, 4) is 0 Å². The molecule has 23 heavy (non-hydrogen) atoms. The first kappa shape index (κ1) is 14.0. The summed E-state index contributed by atoms with van der Waals surface area (Å²) in [5, 5.41) is 6.29. The Hall–Kier alpha value is -2.57. The summed E-state index contributed by atoms with van der Waals surface area (Å²) < 4.78 is 2.01. The predicted octanol–water partition coefficient (Wildman–Crippen LogP) is 2.93. The van der Waals surface area contributed by atoms with Crippen LogP contribution in [0.25, 0.3) is 23.2 Å². The van der Waals surface area contributed by atoms with Crippen molar-refractivity contribution in [3.05, 3.63) is 79.0 Å². The third-order valence-electron chi connectivity index (χ3n) is 3.24. The molecule has 0 saturated heterocycles. The van der Waals surface area contributed by atoms with Gasteiger partial charge >= 0.3 is 0 Å². The molecule has 0 atom stereocenters. The third kappa shape index (κ3) is 2.86. The van der Waals surface area contributed by atoms with Crippen molar-refractivity contribution in [3.63, 3.8) is 0 Å². The van der Waals surface area contributed by atoms with Gasteiger partial charge in [0.1, 0.15) is 0 Å². The lowest BCUT2D eigenvalue weighted by atomic mass is 10.2. The first-order valence-corrected chi connectivity index (χ1v) is 8.67. The number of aromatic nitrogens is 3. The smallest absolute Gasteiger partial charge is 0.266 e. The van der Waals surface area contributed by atoms with Crippen molar-refractivity contribution < 1.29 is 0 Å². The van der Waals surface area contributed by atoms with Crippen LogP contribution >= 0.6 is 22.7 Å². The molecule has 1 aromatic carbocycles. The lowest BCUT2D eigenvalue weighted by molar-refractivity contribution is 0.925. The molecule has 0 fully saturated rings. The SMILES string of the molecule is O=c1/c(=C\c2ccccc2)sc2nc(/C=C/c3cccs3)nn12. The number of thiazole rings is 1. The van der Waals surface area contributed by atoms with E-state index < -0.39 is 0 Å². The highest BCUT2D eigenvalue weighted by atomic mass is 32.1. The Balaban J connectivity index is 1.72. The molecule has 0 aliphatic rings. The van der Waals surface area contributed by atoms with E-state index in [0.717, 1.165) is 10.4 Å². The van der Waals surface area contributed by atoms with E-state index in [1.165, 1.54) is 15.9 Å². The normalized spacial score (nSPS) is 12.6. The topological polar surface area (TPSA) is 47.3 Å². The van der Waals surface area contributed by atoms with Crippen LogP contribution < -0.4 is 10.1 Å². The van der Waals surface area contributed by atoms with Gasteiger partial charge in [0.05, 0.1) is 4.53 Å². The average Bonchev–Trinajstić information content (AvgIpc) is 3.26. The molecule has 112 valence electrons. The van der Waals surface area contributed by atoms with Crippen molar-refractivity contribution >= 4 is 45.9 Å². The van der Waals surface area contributed by atoms with Crippen molar-refractivity contribution in [2.24, 2.45) is 0 Å². The summed E-state index contributed by atoms with van der Waals surface area (Å²) in [6.45, 7) is 0. The summed E-state index contributed by atoms with van der Waals surface area (Å²) in [5.41, 5.74) is 0.865. The number of nitrogens with zero attached hydrogens (tertiary/aromatic N) is 3. The van der Waals surface area contributed by atoms with E-state index in [4.69, 9.17) is 0 Å². The monoisotopic (exact) mass is 337 g/mol. The summed E-state index contributed by atoms with van der Waals surface area (Å²) in [6, 6.07) is 13.8. The first-order chi connectivity index (χ1) is 11.3. The number of hydrogen-bond donors (Lipinski definition) is 0. The molecular formula is C17H11N3OS2. The highest BCUT2D eigenvalue weighted by molar-refractivity contribution is 7.15. The van der Waals surface area contributed by atoms with Crippen LogP contribution in [0.2, 0.25) is 0 Å². The molecule has 3 heterocycles. The Labute approximate surface area is 139 Å². The van der Waals surface area contributed by atoms with Gasteiger partial charge in [0, 0.05) is 4.88 Å². The molecule has 0 radical (unpaired) electrons. The molecule has 0 spiro atoms. The van der Waals surface area contributed by atoms with Gasteiger partial charge in [-0.3, -0.25) is 4.79 Å². The van der Waals surface area contributed by atoms with Gasteiger partial charge in [0.25, 0.3) is 5.56 Å². The largest absolute Gasteiger partial charge is 0.291 e. The van der Waals surface area contributed by atoms with Crippen LogP contribution in [0.4, 0.5) is 0 Å². The molecule has 0 N–H and O–H groups in total. The molecule has 3 aromatic heterocycles. The lowest BCUT2D eigenvalue weighted by Crippen LogP contribution is -2.23. The number of benzene rings is 1. The molecule has 0 unspecified atom stereocenters. The molecule has 6 heteroatoms. The molecule has 0 saturated carbocycles. The zero-order valence-electron chi connectivity index (χ0n) is 11.9. The average molecular weight is 337 g/mol. The molecule has 0 amide bonds. The van der Waals surface area contributed by atoms with E-state index in [1.54, 1.807) is 11.3 Å². The van der Waals surface area contributed by atoms with Crippen molar-refractivity contribution in [2.75, 3.05) is 0 Å². The van der Waals surface area contributed by atoms with Gasteiger partial charge in [-0.15, -0.1) is 16.4 Å². The number of hydrogen-bond acceptors (Lipinski definition) is 5. The molecule has 4 aromatic rings. The second-order valence-electron chi connectivity index (χ2n) is 4.84. The Kier molecular flexibility index (Phi) is 3.61. The van der Waals surface area contributed by atoms with E-state index in [1.807, 2.05) is 66.1 Å². The fourth-order valence-electron chi connectivity index (χ4n) is 2.16. The van der Waals surface area contributed by atoms with Gasteiger partial charge in [-0.1, -0.05) is 47.7 Å². The fourth-order valence-corrected chi connectivity index (χ4v) is 3.70. The number of thiophene rings is 1. The second kappa shape index (κ2) is 5.91. The maximum Gasteiger partial charge on any atom is 0.291 e. The van der Waals surface area contributed by atoms with Crippen LogP contribution in [0, 0.1) is 0 Å². The minimum absolute atomic E-state index is 0.128. The maximum atomic E-state index is 12.4. The van der Waals surface area contributed by atoms with Crippen molar-refractivity contribution in [1.82, 2.24) is 14.6 Å². The fraction of sp³-hybridized carbons (Fsp3) is 0. The van der Waals surface area contributed by atoms with Crippen molar-refractivity contribution in [1.29, 1.82) is 0 Å². The van der Waals surface area contributed by atoms with E-state index in [9.17, 15) is 4.79 Å². The Morgan fingerprint density at radius 1 is 1.04 bits per heavy atom. The van der Waals surface area contributed by atoms with Crippen molar-refractivity contribution in [2.45, 2.75) is 0 Å². The Bertz CT molecular complexity index is 1080. The van der Waals surface area contributed by atoms with Crippen LogP contribution in [0.5, 0.6) is 0 Å². The van der Waals surface area contributed by atoms with Gasteiger partial charge < -0.3 is 0 Å². The minimum Gasteiger partial charge on any atom is -0.266 e. The first-order valence-electron chi connectivity index (χ1n) is 6.97. The molecule has 0 aliphatic heterocycles. The highest BCUT2D eigenvalue weighted by Gasteiger charge is 2.08. The third-order valence-corrected chi connectivity index (χ3v) is 5.03. The highest BCUT2D eigenvalue weighted by Crippen LogP contribution is 2.12. The summed E-state index contributed by atoms with van der Waals surface area (Å²) in [5.74, 6) is 0.549. The minimum atomic E-state index is -0.128. The van der Waals surface area contributed by atoms with Crippen LogP contribution in [-0.2, 0) is 0 Å². The van der Waals surface area contributed by atoms with Crippen LogP contribution in [0.15, 0.2) is 52.6 Å². The zero-order valence-corrected chi connectivity index (χ0v) is 13.6. The maximum absolute atomic E-state index is 12.4. The summed E-state index contributed by atoms with van der Waals surface area (Å²) in [7, 11) is 0. The molecule has 0 bridgehead atoms. The quantitative estimate of drug-likeness (QED) is 0.577. The Morgan fingerprint density at radius 3 is 2.65 bits per heavy atom. The number of fused-ring (bicyclic) bond motifs is 1. The second-order valence-corrected chi connectivity index (χ2v) is 6.83. The van der Waals surface area contributed by atoms with Gasteiger partial charge in [0.2, 0.25) is 4.96 Å². The molecule has 4 nitrogen and oxygen atoms in total. The molecule has 0 aliphatic carbocycles. The van der Waals surface area contributed by atoms with Crippen LogP contribution in [-0.4, -0.2) is 14.6 Å². The lowest BCUT2D eigenvalue weighted by Gasteiger charge is -1.87. The van der Waals surface area contributed by atoms with Gasteiger partial charge in [-0.25, -0.2) is 0 Å². The van der Waals surface area contributed by atoms with E-state index in [2.05, 4.69) is 10.1 Å². The summed E-state index contributed by atoms with van der Waals surface area (Å²) in [4.78, 5) is 18.5. The summed E-state index contributed by atoms with van der Waals surface area (Å²) >= 11 is 3.00. The van der Waals surface area contributed by atoms with E-state index in [0.29, 0.717) is 15.3 Å².